The molecule has 7 nitrogen and oxygen atoms in total. The Kier molecular flexibility index (Phi) is 4.96. The zero-order valence-corrected chi connectivity index (χ0v) is 16.3. The summed E-state index contributed by atoms with van der Waals surface area (Å²) in [6, 6.07) is 7.41. The Hall–Kier alpha value is -3.00. The Morgan fingerprint density at radius 2 is 2.00 bits per heavy atom. The second-order valence-electron chi connectivity index (χ2n) is 7.70. The molecule has 8 heteroatoms. The van der Waals surface area contributed by atoms with Crippen LogP contribution >= 0.6 is 0 Å². The van der Waals surface area contributed by atoms with Crippen LogP contribution in [-0.2, 0) is 0 Å². The minimum atomic E-state index is -1.14. The fraction of sp³-hybridized carbons (Fsp3) is 0.381. The van der Waals surface area contributed by atoms with Gasteiger partial charge in [0.1, 0.15) is 5.82 Å². The van der Waals surface area contributed by atoms with Crippen molar-refractivity contribution in [2.24, 2.45) is 0 Å². The minimum Gasteiger partial charge on any atom is -0.477 e. The van der Waals surface area contributed by atoms with Crippen LogP contribution in [0.15, 0.2) is 30.3 Å². The van der Waals surface area contributed by atoms with Gasteiger partial charge in [0.2, 0.25) is 0 Å². The molecule has 0 saturated carbocycles. The van der Waals surface area contributed by atoms with E-state index in [1.54, 1.807) is 22.9 Å². The van der Waals surface area contributed by atoms with Gasteiger partial charge >= 0.3 is 5.97 Å². The lowest BCUT2D eigenvalue weighted by atomic mass is 10.0. The summed E-state index contributed by atoms with van der Waals surface area (Å²) < 4.78 is 15.0. The van der Waals surface area contributed by atoms with Gasteiger partial charge in [0.15, 0.2) is 11.3 Å². The standard InChI is InChI=1S/C21H23FN4O3/c1-12(2)19-18-17(25-9-3-4-15(27)11-25)10-16(21(28)29)23-20(18)26(24-19)14-7-5-13(22)6-8-14/h5-8,10,12,15,27H,3-4,9,11H2,1-2H3,(H,28,29)/t15-/m1/s1. The van der Waals surface area contributed by atoms with Gasteiger partial charge in [0.25, 0.3) is 0 Å². The van der Waals surface area contributed by atoms with Gasteiger partial charge in [-0.1, -0.05) is 13.8 Å². The average Bonchev–Trinajstić information content (AvgIpc) is 3.08. The molecule has 1 saturated heterocycles. The molecule has 0 bridgehead atoms. The smallest absolute Gasteiger partial charge is 0.354 e. The highest BCUT2D eigenvalue weighted by molar-refractivity contribution is 5.98. The first-order valence-corrected chi connectivity index (χ1v) is 9.71. The third kappa shape index (κ3) is 3.55. The number of halogens is 1. The first kappa shape index (κ1) is 19.3. The predicted molar refractivity (Wildman–Crippen MR) is 107 cm³/mol. The largest absolute Gasteiger partial charge is 0.477 e. The van der Waals surface area contributed by atoms with E-state index in [4.69, 9.17) is 5.10 Å². The summed E-state index contributed by atoms with van der Waals surface area (Å²) in [6.07, 6.45) is 1.08. The first-order valence-electron chi connectivity index (χ1n) is 9.71. The number of carboxylic acid groups (broad SMARTS) is 1. The van der Waals surface area contributed by atoms with E-state index in [1.807, 2.05) is 18.7 Å². The van der Waals surface area contributed by atoms with Gasteiger partial charge in [-0.3, -0.25) is 0 Å². The number of aromatic carboxylic acids is 1. The lowest BCUT2D eigenvalue weighted by Gasteiger charge is -2.32. The second-order valence-corrected chi connectivity index (χ2v) is 7.70. The number of hydrogen-bond acceptors (Lipinski definition) is 5. The molecule has 2 N–H and O–H groups in total. The maximum Gasteiger partial charge on any atom is 0.354 e. The topological polar surface area (TPSA) is 91.5 Å². The Morgan fingerprint density at radius 1 is 1.28 bits per heavy atom. The van der Waals surface area contributed by atoms with Crippen molar-refractivity contribution >= 4 is 22.7 Å². The molecule has 29 heavy (non-hydrogen) atoms. The molecular weight excluding hydrogens is 375 g/mol. The molecule has 2 aromatic heterocycles. The summed E-state index contributed by atoms with van der Waals surface area (Å²) in [7, 11) is 0. The number of aromatic nitrogens is 3. The van der Waals surface area contributed by atoms with Crippen molar-refractivity contribution in [2.75, 3.05) is 18.0 Å². The van der Waals surface area contributed by atoms with Gasteiger partial charge in [-0.25, -0.2) is 18.9 Å². The molecule has 0 aliphatic carbocycles. The van der Waals surface area contributed by atoms with E-state index in [1.165, 1.54) is 12.1 Å². The van der Waals surface area contributed by atoms with Crippen molar-refractivity contribution in [3.63, 3.8) is 0 Å². The zero-order valence-electron chi connectivity index (χ0n) is 16.3. The normalized spacial score (nSPS) is 17.3. The lowest BCUT2D eigenvalue weighted by Crippen LogP contribution is -2.38. The summed E-state index contributed by atoms with van der Waals surface area (Å²) in [4.78, 5) is 18.1. The molecule has 1 aliphatic heterocycles. The first-order chi connectivity index (χ1) is 13.8. The molecule has 1 atom stereocenters. The van der Waals surface area contributed by atoms with Gasteiger partial charge in [-0.2, -0.15) is 5.10 Å². The summed E-state index contributed by atoms with van der Waals surface area (Å²) in [6.45, 7) is 5.17. The SMILES string of the molecule is CC(C)c1nn(-c2ccc(F)cc2)c2nc(C(=O)O)cc(N3CCC[C@@H](O)C3)c12. The highest BCUT2D eigenvalue weighted by Gasteiger charge is 2.27. The van der Waals surface area contributed by atoms with E-state index in [0.29, 0.717) is 30.1 Å². The number of carboxylic acids is 1. The van der Waals surface area contributed by atoms with Crippen molar-refractivity contribution in [1.82, 2.24) is 14.8 Å². The molecule has 0 amide bonds. The molecule has 3 heterocycles. The summed E-state index contributed by atoms with van der Waals surface area (Å²) in [5, 5.41) is 25.3. The quantitative estimate of drug-likeness (QED) is 0.700. The molecule has 1 fully saturated rings. The number of rotatable bonds is 4. The lowest BCUT2D eigenvalue weighted by molar-refractivity contribution is 0.0691. The second kappa shape index (κ2) is 7.44. The van der Waals surface area contributed by atoms with Crippen LogP contribution in [0.2, 0.25) is 0 Å². The monoisotopic (exact) mass is 398 g/mol. The number of β-amino-alcohol motifs (C(OH)–C–C–N with tert-alkyl or cyclic N) is 1. The van der Waals surface area contributed by atoms with Gasteiger partial charge < -0.3 is 15.1 Å². The average molecular weight is 398 g/mol. The van der Waals surface area contributed by atoms with E-state index < -0.39 is 12.1 Å². The van der Waals surface area contributed by atoms with E-state index in [-0.39, 0.29) is 17.4 Å². The van der Waals surface area contributed by atoms with Crippen LogP contribution in [0, 0.1) is 5.82 Å². The van der Waals surface area contributed by atoms with Crippen molar-refractivity contribution < 1.29 is 19.4 Å². The fourth-order valence-electron chi connectivity index (χ4n) is 3.82. The summed E-state index contributed by atoms with van der Waals surface area (Å²) in [5.41, 5.74) is 2.41. The van der Waals surface area contributed by atoms with Crippen molar-refractivity contribution in [2.45, 2.75) is 38.7 Å². The number of aliphatic hydroxyl groups is 1. The Labute approximate surface area is 167 Å². The van der Waals surface area contributed by atoms with Crippen molar-refractivity contribution in [3.05, 3.63) is 47.5 Å². The number of nitrogens with zero attached hydrogens (tertiary/aromatic N) is 4. The minimum absolute atomic E-state index is 0.0603. The number of piperidine rings is 1. The van der Waals surface area contributed by atoms with E-state index in [2.05, 4.69) is 4.98 Å². The number of fused-ring (bicyclic) bond motifs is 1. The van der Waals surface area contributed by atoms with Crippen LogP contribution < -0.4 is 4.90 Å². The van der Waals surface area contributed by atoms with Gasteiger partial charge in [0, 0.05) is 13.1 Å². The molecule has 152 valence electrons. The predicted octanol–water partition coefficient (Wildman–Crippen LogP) is 3.34. The highest BCUT2D eigenvalue weighted by Crippen LogP contribution is 2.36. The van der Waals surface area contributed by atoms with Crippen LogP contribution in [0.4, 0.5) is 10.1 Å². The third-order valence-corrected chi connectivity index (χ3v) is 5.22. The van der Waals surface area contributed by atoms with Crippen LogP contribution in [0.3, 0.4) is 0 Å². The van der Waals surface area contributed by atoms with E-state index >= 15 is 0 Å². The number of aliphatic hydroxyl groups excluding tert-OH is 1. The van der Waals surface area contributed by atoms with Crippen LogP contribution in [-0.4, -0.2) is 50.1 Å². The molecule has 3 aromatic rings. The van der Waals surface area contributed by atoms with Gasteiger partial charge in [0.05, 0.1) is 28.6 Å². The van der Waals surface area contributed by atoms with Crippen LogP contribution in [0.1, 0.15) is 48.8 Å². The van der Waals surface area contributed by atoms with Crippen LogP contribution in [0.25, 0.3) is 16.7 Å². The maximum atomic E-state index is 13.4. The van der Waals surface area contributed by atoms with Crippen molar-refractivity contribution in [3.8, 4) is 5.69 Å². The van der Waals surface area contributed by atoms with E-state index in [9.17, 15) is 19.4 Å². The van der Waals surface area contributed by atoms with Gasteiger partial charge in [-0.15, -0.1) is 0 Å². The van der Waals surface area contributed by atoms with E-state index in [0.717, 1.165) is 23.9 Å². The van der Waals surface area contributed by atoms with Gasteiger partial charge in [-0.05, 0) is 49.1 Å². The number of benzene rings is 1. The summed E-state index contributed by atoms with van der Waals surface area (Å²) in [5.74, 6) is -1.44. The third-order valence-electron chi connectivity index (χ3n) is 5.22. The van der Waals surface area contributed by atoms with Crippen molar-refractivity contribution in [1.29, 1.82) is 0 Å². The highest BCUT2D eigenvalue weighted by atomic mass is 19.1. The zero-order chi connectivity index (χ0) is 20.7. The fourth-order valence-corrected chi connectivity index (χ4v) is 3.82. The molecule has 1 aromatic carbocycles. The molecule has 4 rings (SSSR count). The molecular formula is C21H23FN4O3. The molecule has 0 spiro atoms. The Balaban J connectivity index is 2.01. The Morgan fingerprint density at radius 3 is 2.62 bits per heavy atom. The molecule has 0 unspecified atom stereocenters. The molecule has 0 radical (unpaired) electrons. The number of pyridine rings is 1. The maximum absolute atomic E-state index is 13.4. The summed E-state index contributed by atoms with van der Waals surface area (Å²) >= 11 is 0. The number of anilines is 1. The Bertz CT molecular complexity index is 1060. The number of carbonyl (C=O) groups is 1. The van der Waals surface area contributed by atoms with Crippen LogP contribution in [0.5, 0.6) is 0 Å². The number of hydrogen-bond donors (Lipinski definition) is 2. The molecule has 1 aliphatic rings.